The Morgan fingerprint density at radius 2 is 2.09 bits per heavy atom. The SMILES string of the molecule is COC(=O)c1ccc(-n2ncc3c2CCCC3CC(=O)O)cc1. The van der Waals surface area contributed by atoms with Crippen molar-refractivity contribution in [2.75, 3.05) is 7.11 Å². The number of aliphatic carboxylic acids is 1. The highest BCUT2D eigenvalue weighted by molar-refractivity contribution is 5.89. The minimum atomic E-state index is -0.780. The van der Waals surface area contributed by atoms with Gasteiger partial charge in [-0.05, 0) is 55.0 Å². The van der Waals surface area contributed by atoms with Crippen molar-refractivity contribution in [3.8, 4) is 5.69 Å². The predicted octanol–water partition coefficient (Wildman–Crippen LogP) is 2.55. The standard InChI is InChI=1S/C17H18N2O4/c1-23-17(22)11-5-7-13(8-6-11)19-15-4-2-3-12(9-16(20)21)14(15)10-18-19/h5-8,10,12H,2-4,9H2,1H3,(H,20,21). The number of benzene rings is 1. The highest BCUT2D eigenvalue weighted by Crippen LogP contribution is 2.34. The molecule has 6 heteroatoms. The minimum absolute atomic E-state index is 0.0272. The quantitative estimate of drug-likeness (QED) is 0.877. The van der Waals surface area contributed by atoms with Crippen LogP contribution in [0, 0.1) is 0 Å². The average Bonchev–Trinajstić information content (AvgIpc) is 2.99. The summed E-state index contributed by atoms with van der Waals surface area (Å²) in [5.41, 5.74) is 3.43. The van der Waals surface area contributed by atoms with Gasteiger partial charge in [-0.3, -0.25) is 4.79 Å². The van der Waals surface area contributed by atoms with Gasteiger partial charge >= 0.3 is 11.9 Å². The summed E-state index contributed by atoms with van der Waals surface area (Å²) >= 11 is 0. The van der Waals surface area contributed by atoms with Gasteiger partial charge in [0.15, 0.2) is 0 Å². The number of nitrogens with zero attached hydrogens (tertiary/aromatic N) is 2. The number of hydrogen-bond acceptors (Lipinski definition) is 4. The van der Waals surface area contributed by atoms with E-state index in [-0.39, 0.29) is 18.3 Å². The van der Waals surface area contributed by atoms with Crippen LogP contribution in [0.3, 0.4) is 0 Å². The van der Waals surface area contributed by atoms with Gasteiger partial charge in [-0.1, -0.05) is 0 Å². The molecule has 0 saturated carbocycles. The second-order valence-corrected chi connectivity index (χ2v) is 5.68. The van der Waals surface area contributed by atoms with E-state index in [0.717, 1.165) is 36.2 Å². The molecule has 120 valence electrons. The molecule has 1 atom stereocenters. The van der Waals surface area contributed by atoms with Crippen LogP contribution < -0.4 is 0 Å². The summed E-state index contributed by atoms with van der Waals surface area (Å²) < 4.78 is 6.53. The van der Waals surface area contributed by atoms with E-state index >= 15 is 0 Å². The molecule has 0 fully saturated rings. The molecule has 1 aromatic heterocycles. The normalized spacial score (nSPS) is 16.7. The highest BCUT2D eigenvalue weighted by atomic mass is 16.5. The molecular formula is C17H18N2O4. The number of carbonyl (C=O) groups is 2. The Labute approximate surface area is 133 Å². The number of fused-ring (bicyclic) bond motifs is 1. The van der Waals surface area contributed by atoms with Gasteiger partial charge < -0.3 is 9.84 Å². The van der Waals surface area contributed by atoms with E-state index in [0.29, 0.717) is 5.56 Å². The molecule has 6 nitrogen and oxygen atoms in total. The monoisotopic (exact) mass is 314 g/mol. The summed E-state index contributed by atoms with van der Waals surface area (Å²) in [4.78, 5) is 22.5. The summed E-state index contributed by atoms with van der Waals surface area (Å²) in [7, 11) is 1.35. The Balaban J connectivity index is 1.91. The Hall–Kier alpha value is -2.63. The maximum atomic E-state index is 11.5. The molecule has 1 aromatic carbocycles. The van der Waals surface area contributed by atoms with Crippen LogP contribution >= 0.6 is 0 Å². The maximum absolute atomic E-state index is 11.5. The fourth-order valence-electron chi connectivity index (χ4n) is 3.15. The van der Waals surface area contributed by atoms with Crippen LogP contribution in [-0.4, -0.2) is 33.9 Å². The first-order valence-electron chi connectivity index (χ1n) is 7.57. The molecular weight excluding hydrogens is 296 g/mol. The number of hydrogen-bond donors (Lipinski definition) is 1. The fourth-order valence-corrected chi connectivity index (χ4v) is 3.15. The number of carboxylic acid groups (broad SMARTS) is 1. The summed E-state index contributed by atoms with van der Waals surface area (Å²) in [5, 5.41) is 13.5. The molecule has 0 amide bonds. The summed E-state index contributed by atoms with van der Waals surface area (Å²) in [6, 6.07) is 7.04. The smallest absolute Gasteiger partial charge is 0.337 e. The van der Waals surface area contributed by atoms with Crippen molar-refractivity contribution in [2.45, 2.75) is 31.6 Å². The summed E-state index contributed by atoms with van der Waals surface area (Å²) in [6.45, 7) is 0. The Morgan fingerprint density at radius 3 is 2.74 bits per heavy atom. The van der Waals surface area contributed by atoms with Crippen LogP contribution in [0.4, 0.5) is 0 Å². The van der Waals surface area contributed by atoms with Crippen LogP contribution in [0.15, 0.2) is 30.5 Å². The second-order valence-electron chi connectivity index (χ2n) is 5.68. The molecule has 1 N–H and O–H groups in total. The van der Waals surface area contributed by atoms with Gasteiger partial charge in [0, 0.05) is 5.69 Å². The van der Waals surface area contributed by atoms with Crippen LogP contribution in [0.2, 0.25) is 0 Å². The van der Waals surface area contributed by atoms with Crippen molar-refractivity contribution in [3.05, 3.63) is 47.3 Å². The highest BCUT2D eigenvalue weighted by Gasteiger charge is 2.26. The predicted molar refractivity (Wildman–Crippen MR) is 82.8 cm³/mol. The van der Waals surface area contributed by atoms with Gasteiger partial charge in [-0.25, -0.2) is 9.48 Å². The molecule has 0 saturated heterocycles. The maximum Gasteiger partial charge on any atom is 0.337 e. The molecule has 0 radical (unpaired) electrons. The van der Waals surface area contributed by atoms with E-state index in [4.69, 9.17) is 9.84 Å². The molecule has 1 aliphatic rings. The third-order valence-electron chi connectivity index (χ3n) is 4.26. The Kier molecular flexibility index (Phi) is 4.14. The van der Waals surface area contributed by atoms with E-state index in [1.54, 1.807) is 18.3 Å². The van der Waals surface area contributed by atoms with Crippen LogP contribution in [0.5, 0.6) is 0 Å². The average molecular weight is 314 g/mol. The number of rotatable bonds is 4. The number of esters is 1. The summed E-state index contributed by atoms with van der Waals surface area (Å²) in [6.07, 6.45) is 4.63. The molecule has 23 heavy (non-hydrogen) atoms. The number of methoxy groups -OCH3 is 1. The summed E-state index contributed by atoms with van der Waals surface area (Å²) in [5.74, 6) is -1.13. The molecule has 1 aliphatic carbocycles. The Bertz CT molecular complexity index is 734. The van der Waals surface area contributed by atoms with Gasteiger partial charge in [0.2, 0.25) is 0 Å². The van der Waals surface area contributed by atoms with Gasteiger partial charge in [-0.2, -0.15) is 5.10 Å². The first-order chi connectivity index (χ1) is 11.1. The third kappa shape index (κ3) is 2.97. The van der Waals surface area contributed by atoms with Crippen LogP contribution in [0.25, 0.3) is 5.69 Å². The van der Waals surface area contributed by atoms with E-state index < -0.39 is 5.97 Å². The first kappa shape index (κ1) is 15.3. The topological polar surface area (TPSA) is 81.4 Å². The van der Waals surface area contributed by atoms with Gasteiger partial charge in [-0.15, -0.1) is 0 Å². The zero-order valence-electron chi connectivity index (χ0n) is 12.9. The first-order valence-corrected chi connectivity index (χ1v) is 7.57. The van der Waals surface area contributed by atoms with Crippen molar-refractivity contribution in [1.29, 1.82) is 0 Å². The van der Waals surface area contributed by atoms with Crippen LogP contribution in [0.1, 0.15) is 46.8 Å². The van der Waals surface area contributed by atoms with Crippen molar-refractivity contribution in [2.24, 2.45) is 0 Å². The molecule has 2 aromatic rings. The lowest BCUT2D eigenvalue weighted by Gasteiger charge is -2.21. The van der Waals surface area contributed by atoms with E-state index in [1.807, 2.05) is 16.8 Å². The van der Waals surface area contributed by atoms with Crippen molar-refractivity contribution < 1.29 is 19.4 Å². The lowest BCUT2D eigenvalue weighted by Crippen LogP contribution is -2.14. The Morgan fingerprint density at radius 1 is 1.35 bits per heavy atom. The number of ether oxygens (including phenoxy) is 1. The zero-order chi connectivity index (χ0) is 16.4. The van der Waals surface area contributed by atoms with E-state index in [1.165, 1.54) is 7.11 Å². The van der Waals surface area contributed by atoms with Crippen molar-refractivity contribution in [1.82, 2.24) is 9.78 Å². The van der Waals surface area contributed by atoms with Gasteiger partial charge in [0.1, 0.15) is 0 Å². The van der Waals surface area contributed by atoms with E-state index in [2.05, 4.69) is 5.10 Å². The largest absolute Gasteiger partial charge is 0.481 e. The fraction of sp³-hybridized carbons (Fsp3) is 0.353. The molecule has 3 rings (SSSR count). The number of carboxylic acids is 1. The van der Waals surface area contributed by atoms with Crippen LogP contribution in [-0.2, 0) is 16.0 Å². The number of aromatic nitrogens is 2. The number of carbonyl (C=O) groups excluding carboxylic acids is 1. The molecule has 1 heterocycles. The van der Waals surface area contributed by atoms with Gasteiger partial charge in [0.25, 0.3) is 0 Å². The lowest BCUT2D eigenvalue weighted by molar-refractivity contribution is -0.137. The zero-order valence-corrected chi connectivity index (χ0v) is 12.9. The van der Waals surface area contributed by atoms with E-state index in [9.17, 15) is 9.59 Å². The van der Waals surface area contributed by atoms with Crippen molar-refractivity contribution in [3.63, 3.8) is 0 Å². The lowest BCUT2D eigenvalue weighted by atomic mass is 9.85. The van der Waals surface area contributed by atoms with Gasteiger partial charge in [0.05, 0.1) is 31.0 Å². The molecule has 0 bridgehead atoms. The third-order valence-corrected chi connectivity index (χ3v) is 4.26. The van der Waals surface area contributed by atoms with Crippen molar-refractivity contribution >= 4 is 11.9 Å². The molecule has 1 unspecified atom stereocenters. The second kappa shape index (κ2) is 6.24. The minimum Gasteiger partial charge on any atom is -0.481 e. The molecule has 0 spiro atoms. The molecule has 0 aliphatic heterocycles.